The van der Waals surface area contributed by atoms with Crippen LogP contribution in [0, 0.1) is 11.3 Å². The van der Waals surface area contributed by atoms with Gasteiger partial charge < -0.3 is 9.64 Å². The van der Waals surface area contributed by atoms with E-state index in [-0.39, 0.29) is 22.8 Å². The van der Waals surface area contributed by atoms with Crippen molar-refractivity contribution in [2.24, 2.45) is 4.99 Å². The molecule has 0 aromatic heterocycles. The van der Waals surface area contributed by atoms with E-state index < -0.39 is 9.84 Å². The summed E-state index contributed by atoms with van der Waals surface area (Å²) in [6.45, 7) is 3.13. The van der Waals surface area contributed by atoms with Gasteiger partial charge in [0.1, 0.15) is 5.75 Å². The van der Waals surface area contributed by atoms with Crippen molar-refractivity contribution in [2.45, 2.75) is 24.8 Å². The van der Waals surface area contributed by atoms with Crippen LogP contribution in [0.25, 0.3) is 0 Å². The van der Waals surface area contributed by atoms with Crippen molar-refractivity contribution in [3.63, 3.8) is 0 Å². The Bertz CT molecular complexity index is 1060. The summed E-state index contributed by atoms with van der Waals surface area (Å²) in [5, 5.41) is 9.84. The number of ether oxygens (including phenoxy) is 1. The molecule has 1 fully saturated rings. The van der Waals surface area contributed by atoms with Gasteiger partial charge >= 0.3 is 0 Å². The van der Waals surface area contributed by atoms with E-state index in [2.05, 4.69) is 11.0 Å². The molecule has 6 nitrogen and oxygen atoms in total. The third kappa shape index (κ3) is 4.41. The molecule has 150 valence electrons. The van der Waals surface area contributed by atoms with Crippen LogP contribution in [-0.4, -0.2) is 43.0 Å². The molecule has 2 aromatic rings. The lowest BCUT2D eigenvalue weighted by Crippen LogP contribution is -2.28. The molecular formula is C21H21N3O3S2. The number of nitrogens with zero attached hydrogens (tertiary/aromatic N) is 3. The second-order valence-corrected chi connectivity index (χ2v) is 10.4. The first-order valence-electron chi connectivity index (χ1n) is 9.42. The molecule has 0 bridgehead atoms. The molecule has 2 aromatic carbocycles. The van der Waals surface area contributed by atoms with Crippen LogP contribution < -0.4 is 9.64 Å². The van der Waals surface area contributed by atoms with E-state index in [0.29, 0.717) is 18.7 Å². The Morgan fingerprint density at radius 2 is 1.90 bits per heavy atom. The topological polar surface area (TPSA) is 82.8 Å². The van der Waals surface area contributed by atoms with Crippen LogP contribution in [0.1, 0.15) is 18.1 Å². The maximum absolute atomic E-state index is 11.9. The smallest absolute Gasteiger partial charge is 0.164 e. The van der Waals surface area contributed by atoms with Gasteiger partial charge in [-0.15, -0.1) is 0 Å². The van der Waals surface area contributed by atoms with Crippen LogP contribution in [-0.2, 0) is 16.4 Å². The second kappa shape index (κ2) is 8.09. The van der Waals surface area contributed by atoms with Gasteiger partial charge in [0.15, 0.2) is 15.0 Å². The Morgan fingerprint density at radius 3 is 2.52 bits per heavy atom. The molecule has 29 heavy (non-hydrogen) atoms. The SMILES string of the molecule is CCOc1ccc(N(Cc2ccc(C#N)cc2)C2=N[C@H]3CS(=O)(=O)C[C@@H]3S2)cc1. The Hall–Kier alpha value is -2.50. The van der Waals surface area contributed by atoms with Crippen molar-refractivity contribution in [3.05, 3.63) is 59.7 Å². The van der Waals surface area contributed by atoms with Crippen LogP contribution in [0.5, 0.6) is 5.75 Å². The zero-order chi connectivity index (χ0) is 20.4. The minimum Gasteiger partial charge on any atom is -0.494 e. The fourth-order valence-electron chi connectivity index (χ4n) is 3.50. The van der Waals surface area contributed by atoms with Crippen LogP contribution in [0.4, 0.5) is 5.69 Å². The largest absolute Gasteiger partial charge is 0.494 e. The first kappa shape index (κ1) is 19.8. The lowest BCUT2D eigenvalue weighted by atomic mass is 10.1. The minimum absolute atomic E-state index is 0.0128. The average Bonchev–Trinajstić information content (AvgIpc) is 3.21. The summed E-state index contributed by atoms with van der Waals surface area (Å²) < 4.78 is 29.4. The molecule has 0 aliphatic carbocycles. The van der Waals surface area contributed by atoms with E-state index in [4.69, 9.17) is 15.0 Å². The number of hydrogen-bond acceptors (Lipinski definition) is 7. The molecule has 2 aliphatic heterocycles. The maximum atomic E-state index is 11.9. The number of hydrogen-bond donors (Lipinski definition) is 0. The highest BCUT2D eigenvalue weighted by atomic mass is 32.2. The number of nitriles is 1. The number of fused-ring (bicyclic) bond motifs is 1. The standard InChI is InChI=1S/C21H21N3O3S2/c1-2-27-18-9-7-17(8-10-18)24(12-16-5-3-15(11-22)4-6-16)21-23-19-13-29(25,26)14-20(19)28-21/h3-10,19-20H,2,12-14H2,1H3/t19-,20-/m0/s1. The predicted octanol–water partition coefficient (Wildman–Crippen LogP) is 3.23. The molecule has 2 atom stereocenters. The number of rotatable bonds is 5. The van der Waals surface area contributed by atoms with Gasteiger partial charge in [0, 0.05) is 10.9 Å². The van der Waals surface area contributed by atoms with Gasteiger partial charge in [-0.1, -0.05) is 23.9 Å². The van der Waals surface area contributed by atoms with Crippen molar-refractivity contribution in [3.8, 4) is 11.8 Å². The average molecular weight is 428 g/mol. The Labute approximate surface area is 175 Å². The zero-order valence-corrected chi connectivity index (χ0v) is 17.6. The summed E-state index contributed by atoms with van der Waals surface area (Å²) in [6.07, 6.45) is 0. The van der Waals surface area contributed by atoms with E-state index in [9.17, 15) is 8.42 Å². The minimum atomic E-state index is -2.99. The number of benzene rings is 2. The number of anilines is 1. The zero-order valence-electron chi connectivity index (χ0n) is 16.0. The molecule has 0 unspecified atom stereocenters. The van der Waals surface area contributed by atoms with Crippen LogP contribution in [0.15, 0.2) is 53.5 Å². The molecule has 8 heteroatoms. The van der Waals surface area contributed by atoms with E-state index in [1.807, 2.05) is 43.3 Å². The van der Waals surface area contributed by atoms with Gasteiger partial charge in [-0.3, -0.25) is 4.99 Å². The summed E-state index contributed by atoms with van der Waals surface area (Å²) in [7, 11) is -2.99. The van der Waals surface area contributed by atoms with Crippen molar-refractivity contribution in [1.29, 1.82) is 5.26 Å². The highest BCUT2D eigenvalue weighted by molar-refractivity contribution is 8.15. The fraction of sp³-hybridized carbons (Fsp3) is 0.333. The number of thioether (sulfide) groups is 1. The Morgan fingerprint density at radius 1 is 1.17 bits per heavy atom. The first-order valence-corrected chi connectivity index (χ1v) is 12.1. The molecule has 4 rings (SSSR count). The van der Waals surface area contributed by atoms with Gasteiger partial charge in [-0.2, -0.15) is 5.26 Å². The van der Waals surface area contributed by atoms with E-state index in [1.165, 1.54) is 0 Å². The van der Waals surface area contributed by atoms with Gasteiger partial charge in [-0.05, 0) is 48.9 Å². The fourth-order valence-corrected chi connectivity index (χ4v) is 7.28. The summed E-state index contributed by atoms with van der Waals surface area (Å²) in [5.41, 5.74) is 2.63. The third-order valence-corrected chi connectivity index (χ3v) is 8.17. The number of aliphatic imine (C=N–C) groups is 1. The van der Waals surface area contributed by atoms with E-state index in [1.54, 1.807) is 23.9 Å². The maximum Gasteiger partial charge on any atom is 0.164 e. The Kier molecular flexibility index (Phi) is 5.52. The summed E-state index contributed by atoms with van der Waals surface area (Å²) in [5.74, 6) is 1.12. The van der Waals surface area contributed by atoms with Gasteiger partial charge in [0.05, 0.1) is 42.3 Å². The van der Waals surface area contributed by atoms with Crippen molar-refractivity contribution in [1.82, 2.24) is 0 Å². The summed E-state index contributed by atoms with van der Waals surface area (Å²) in [4.78, 5) is 6.86. The van der Waals surface area contributed by atoms with E-state index in [0.717, 1.165) is 22.2 Å². The molecule has 2 aliphatic rings. The lowest BCUT2D eigenvalue weighted by molar-refractivity contribution is 0.340. The van der Waals surface area contributed by atoms with Gasteiger partial charge in [-0.25, -0.2) is 8.42 Å². The molecule has 0 spiro atoms. The molecule has 2 heterocycles. The van der Waals surface area contributed by atoms with Gasteiger partial charge in [0.25, 0.3) is 0 Å². The van der Waals surface area contributed by atoms with Crippen LogP contribution in [0.2, 0.25) is 0 Å². The van der Waals surface area contributed by atoms with Gasteiger partial charge in [0.2, 0.25) is 0 Å². The van der Waals surface area contributed by atoms with Crippen molar-refractivity contribution < 1.29 is 13.2 Å². The normalized spacial score (nSPS) is 21.9. The summed E-state index contributed by atoms with van der Waals surface area (Å²) >= 11 is 1.54. The highest BCUT2D eigenvalue weighted by Crippen LogP contribution is 2.37. The lowest BCUT2D eigenvalue weighted by Gasteiger charge is -2.25. The van der Waals surface area contributed by atoms with E-state index >= 15 is 0 Å². The predicted molar refractivity (Wildman–Crippen MR) is 116 cm³/mol. The molecular weight excluding hydrogens is 406 g/mol. The molecule has 1 saturated heterocycles. The highest BCUT2D eigenvalue weighted by Gasteiger charge is 2.44. The van der Waals surface area contributed by atoms with Crippen LogP contribution >= 0.6 is 11.8 Å². The second-order valence-electron chi connectivity index (χ2n) is 7.03. The number of amidine groups is 1. The van der Waals surface area contributed by atoms with Crippen LogP contribution in [0.3, 0.4) is 0 Å². The molecule has 0 radical (unpaired) electrons. The van der Waals surface area contributed by atoms with Crippen molar-refractivity contribution >= 4 is 32.5 Å². The monoisotopic (exact) mass is 427 g/mol. The first-order chi connectivity index (χ1) is 14.0. The molecule has 0 N–H and O–H groups in total. The third-order valence-electron chi connectivity index (χ3n) is 4.92. The number of sulfone groups is 1. The Balaban J connectivity index is 1.63. The molecule has 0 amide bonds. The van der Waals surface area contributed by atoms with Crippen molar-refractivity contribution in [2.75, 3.05) is 23.0 Å². The summed E-state index contributed by atoms with van der Waals surface area (Å²) in [6, 6.07) is 17.3. The quantitative estimate of drug-likeness (QED) is 0.729. The molecule has 0 saturated carbocycles.